The van der Waals surface area contributed by atoms with Crippen LogP contribution in [-0.2, 0) is 17.9 Å². The van der Waals surface area contributed by atoms with E-state index in [0.717, 1.165) is 43.5 Å². The predicted octanol–water partition coefficient (Wildman–Crippen LogP) is 6.66. The quantitative estimate of drug-likeness (QED) is 0.378. The summed E-state index contributed by atoms with van der Waals surface area (Å²) < 4.78 is 15.4. The lowest BCUT2D eigenvalue weighted by atomic mass is 9.84. The van der Waals surface area contributed by atoms with Crippen molar-refractivity contribution in [2.45, 2.75) is 79.8 Å². The number of benzene rings is 1. The number of rotatable bonds is 11. The van der Waals surface area contributed by atoms with Crippen LogP contribution in [0.15, 0.2) is 42.6 Å². The number of hydrogen-bond donors (Lipinski definition) is 0. The molecule has 0 spiro atoms. The normalized spacial score (nSPS) is 12.7. The van der Waals surface area contributed by atoms with E-state index in [4.69, 9.17) is 0 Å². The van der Waals surface area contributed by atoms with Gasteiger partial charge in [0.1, 0.15) is 5.82 Å². The van der Waals surface area contributed by atoms with E-state index in [1.807, 2.05) is 29.3 Å². The minimum absolute atomic E-state index is 0.219. The van der Waals surface area contributed by atoms with Gasteiger partial charge in [0.15, 0.2) is 0 Å². The highest BCUT2D eigenvalue weighted by Gasteiger charge is 2.21. The number of halogens is 1. The van der Waals surface area contributed by atoms with Crippen LogP contribution in [0.4, 0.5) is 4.39 Å². The first-order valence-corrected chi connectivity index (χ1v) is 11.3. The first-order valence-electron chi connectivity index (χ1n) is 11.3. The first-order chi connectivity index (χ1) is 14.2. The Morgan fingerprint density at radius 2 is 1.83 bits per heavy atom. The molecule has 0 fully saturated rings. The number of hydrogen-bond acceptors (Lipinski definition) is 1. The van der Waals surface area contributed by atoms with E-state index in [0.29, 0.717) is 25.4 Å². The molecule has 0 saturated carbocycles. The summed E-state index contributed by atoms with van der Waals surface area (Å²) >= 11 is 0. The molecule has 2 rings (SSSR count). The van der Waals surface area contributed by atoms with Gasteiger partial charge in [0.25, 0.3) is 0 Å². The molecule has 0 bridgehead atoms. The molecule has 1 atom stereocenters. The molecule has 0 saturated heterocycles. The van der Waals surface area contributed by atoms with E-state index in [1.54, 1.807) is 0 Å². The molecular formula is C26H39FN2O. The molecule has 2 aromatic rings. The highest BCUT2D eigenvalue weighted by molar-refractivity contribution is 5.76. The molecule has 0 unspecified atom stereocenters. The standard InChI is InChI=1S/C26H39FN2O/c1-6-7-8-15-29(25(30)17-21(2)18-26(3,4)5)20-24-10-9-16-28(24)19-22-11-13-23(27)14-12-22/h9-14,16,21H,6-8,15,17-20H2,1-5H3/t21-/m1/s1. The molecule has 30 heavy (non-hydrogen) atoms. The maximum absolute atomic E-state index is 13.2. The lowest BCUT2D eigenvalue weighted by Gasteiger charge is -2.27. The molecule has 1 aromatic heterocycles. The zero-order valence-electron chi connectivity index (χ0n) is 19.5. The molecular weight excluding hydrogens is 375 g/mol. The second-order valence-electron chi connectivity index (χ2n) is 9.85. The van der Waals surface area contributed by atoms with Gasteiger partial charge in [-0.2, -0.15) is 0 Å². The third-order valence-corrected chi connectivity index (χ3v) is 5.41. The van der Waals surface area contributed by atoms with E-state index in [-0.39, 0.29) is 17.1 Å². The van der Waals surface area contributed by atoms with E-state index in [2.05, 4.69) is 45.3 Å². The fourth-order valence-corrected chi connectivity index (χ4v) is 4.12. The number of amides is 1. The number of unbranched alkanes of at least 4 members (excludes halogenated alkanes) is 2. The Labute approximate surface area is 182 Å². The Morgan fingerprint density at radius 3 is 2.47 bits per heavy atom. The van der Waals surface area contributed by atoms with Gasteiger partial charge in [0, 0.05) is 31.4 Å². The number of nitrogens with zero attached hydrogens (tertiary/aromatic N) is 2. The fraction of sp³-hybridized carbons (Fsp3) is 0.577. The average Bonchev–Trinajstić information content (AvgIpc) is 3.08. The Morgan fingerprint density at radius 1 is 1.13 bits per heavy atom. The Kier molecular flexibility index (Phi) is 9.13. The molecule has 1 heterocycles. The van der Waals surface area contributed by atoms with Gasteiger partial charge in [-0.3, -0.25) is 4.79 Å². The van der Waals surface area contributed by atoms with Gasteiger partial charge in [-0.05, 0) is 54.0 Å². The summed E-state index contributed by atoms with van der Waals surface area (Å²) in [5.74, 6) is 0.401. The molecule has 166 valence electrons. The van der Waals surface area contributed by atoms with Crippen molar-refractivity contribution in [1.82, 2.24) is 9.47 Å². The number of carbonyl (C=O) groups excluding carboxylic acids is 1. The zero-order valence-corrected chi connectivity index (χ0v) is 19.5. The summed E-state index contributed by atoms with van der Waals surface area (Å²) in [6, 6.07) is 10.7. The van der Waals surface area contributed by atoms with Crippen molar-refractivity contribution in [3.63, 3.8) is 0 Å². The van der Waals surface area contributed by atoms with Crippen LogP contribution in [0.2, 0.25) is 0 Å². The molecule has 1 amide bonds. The van der Waals surface area contributed by atoms with Gasteiger partial charge < -0.3 is 9.47 Å². The molecule has 3 nitrogen and oxygen atoms in total. The van der Waals surface area contributed by atoms with Gasteiger partial charge in [-0.1, -0.05) is 59.6 Å². The molecule has 0 aliphatic carbocycles. The van der Waals surface area contributed by atoms with E-state index < -0.39 is 0 Å². The van der Waals surface area contributed by atoms with Crippen LogP contribution >= 0.6 is 0 Å². The minimum atomic E-state index is -0.219. The van der Waals surface area contributed by atoms with Crippen molar-refractivity contribution in [1.29, 1.82) is 0 Å². The van der Waals surface area contributed by atoms with Gasteiger partial charge in [0.05, 0.1) is 6.54 Å². The Hall–Kier alpha value is -2.10. The van der Waals surface area contributed by atoms with Gasteiger partial charge in [0.2, 0.25) is 5.91 Å². The van der Waals surface area contributed by atoms with Gasteiger partial charge >= 0.3 is 0 Å². The van der Waals surface area contributed by atoms with Crippen LogP contribution < -0.4 is 0 Å². The number of aromatic nitrogens is 1. The van der Waals surface area contributed by atoms with Gasteiger partial charge in [-0.15, -0.1) is 0 Å². The van der Waals surface area contributed by atoms with Crippen molar-refractivity contribution in [2.24, 2.45) is 11.3 Å². The van der Waals surface area contributed by atoms with Crippen molar-refractivity contribution in [3.05, 3.63) is 59.7 Å². The molecule has 0 N–H and O–H groups in total. The highest BCUT2D eigenvalue weighted by atomic mass is 19.1. The van der Waals surface area contributed by atoms with Crippen molar-refractivity contribution in [3.8, 4) is 0 Å². The first kappa shape index (κ1) is 24.2. The molecule has 1 aromatic carbocycles. The number of carbonyl (C=O) groups is 1. The monoisotopic (exact) mass is 414 g/mol. The second-order valence-corrected chi connectivity index (χ2v) is 9.85. The Balaban J connectivity index is 2.07. The van der Waals surface area contributed by atoms with Crippen molar-refractivity contribution in [2.75, 3.05) is 6.54 Å². The molecule has 4 heteroatoms. The highest BCUT2D eigenvalue weighted by Crippen LogP contribution is 2.26. The van der Waals surface area contributed by atoms with Crippen molar-refractivity contribution >= 4 is 5.91 Å². The molecule has 0 aliphatic rings. The van der Waals surface area contributed by atoms with E-state index in [1.165, 1.54) is 12.1 Å². The third kappa shape index (κ3) is 8.33. The minimum Gasteiger partial charge on any atom is -0.345 e. The summed E-state index contributed by atoms with van der Waals surface area (Å²) in [5, 5.41) is 0. The summed E-state index contributed by atoms with van der Waals surface area (Å²) in [4.78, 5) is 15.2. The Bertz CT molecular complexity index is 773. The lowest BCUT2D eigenvalue weighted by Crippen LogP contribution is -2.33. The van der Waals surface area contributed by atoms with Gasteiger partial charge in [-0.25, -0.2) is 4.39 Å². The maximum Gasteiger partial charge on any atom is 0.223 e. The molecule has 0 radical (unpaired) electrons. The fourth-order valence-electron chi connectivity index (χ4n) is 4.12. The third-order valence-electron chi connectivity index (χ3n) is 5.41. The lowest BCUT2D eigenvalue weighted by molar-refractivity contribution is -0.133. The summed E-state index contributed by atoms with van der Waals surface area (Å²) in [6.45, 7) is 13.2. The van der Waals surface area contributed by atoms with Crippen LogP contribution in [0.5, 0.6) is 0 Å². The second kappa shape index (κ2) is 11.3. The largest absolute Gasteiger partial charge is 0.345 e. The van der Waals surface area contributed by atoms with E-state index in [9.17, 15) is 9.18 Å². The smallest absolute Gasteiger partial charge is 0.223 e. The van der Waals surface area contributed by atoms with E-state index >= 15 is 0 Å². The van der Waals surface area contributed by atoms with Crippen LogP contribution in [-0.4, -0.2) is 21.9 Å². The summed E-state index contributed by atoms with van der Waals surface area (Å²) in [7, 11) is 0. The average molecular weight is 415 g/mol. The topological polar surface area (TPSA) is 25.2 Å². The SMILES string of the molecule is CCCCCN(Cc1cccn1Cc1ccc(F)cc1)C(=O)C[C@@H](C)CC(C)(C)C. The predicted molar refractivity (Wildman–Crippen MR) is 123 cm³/mol. The summed E-state index contributed by atoms with van der Waals surface area (Å²) in [6.07, 6.45) is 7.00. The van der Waals surface area contributed by atoms with Crippen LogP contribution in [0.1, 0.15) is 78.0 Å². The van der Waals surface area contributed by atoms with Crippen molar-refractivity contribution < 1.29 is 9.18 Å². The maximum atomic E-state index is 13.2. The van der Waals surface area contributed by atoms with Crippen LogP contribution in [0, 0.1) is 17.2 Å². The molecule has 0 aliphatic heterocycles. The van der Waals surface area contributed by atoms with Crippen LogP contribution in [0.3, 0.4) is 0 Å². The zero-order chi connectivity index (χ0) is 22.1. The summed E-state index contributed by atoms with van der Waals surface area (Å²) in [5.41, 5.74) is 2.40. The van der Waals surface area contributed by atoms with Crippen LogP contribution in [0.25, 0.3) is 0 Å².